The first-order valence-corrected chi connectivity index (χ1v) is 8.30. The van der Waals surface area contributed by atoms with Gasteiger partial charge in [-0.05, 0) is 25.5 Å². The molecule has 0 saturated heterocycles. The fraction of sp³-hybridized carbons (Fsp3) is 0.312. The van der Waals surface area contributed by atoms with Crippen molar-refractivity contribution in [3.8, 4) is 5.75 Å². The van der Waals surface area contributed by atoms with Crippen molar-refractivity contribution in [2.24, 2.45) is 0 Å². The number of benzene rings is 1. The zero-order chi connectivity index (χ0) is 18.7. The van der Waals surface area contributed by atoms with Crippen molar-refractivity contribution in [2.45, 2.75) is 20.5 Å². The van der Waals surface area contributed by atoms with Gasteiger partial charge in [0.25, 0.3) is 5.91 Å². The molecule has 0 aliphatic rings. The van der Waals surface area contributed by atoms with Gasteiger partial charge in [0.15, 0.2) is 11.6 Å². The summed E-state index contributed by atoms with van der Waals surface area (Å²) in [5.74, 6) is -1.78. The van der Waals surface area contributed by atoms with Crippen LogP contribution in [0.5, 0.6) is 5.75 Å². The molecule has 0 aliphatic carbocycles. The summed E-state index contributed by atoms with van der Waals surface area (Å²) in [7, 11) is 2.79. The Balaban J connectivity index is 2.91. The van der Waals surface area contributed by atoms with Crippen molar-refractivity contribution in [1.29, 1.82) is 0 Å². The second-order valence-electron chi connectivity index (χ2n) is 5.14. The third-order valence-corrected chi connectivity index (χ3v) is 3.96. The Morgan fingerprint density at radius 3 is 2.72 bits per heavy atom. The largest absolute Gasteiger partial charge is 0.455 e. The molecule has 0 aliphatic heterocycles. The minimum atomic E-state index is -2.74. The summed E-state index contributed by atoms with van der Waals surface area (Å²) in [5, 5.41) is 2.31. The molecular weight excluding hydrogens is 353 g/mol. The van der Waals surface area contributed by atoms with E-state index in [0.717, 1.165) is 0 Å². The zero-order valence-corrected chi connectivity index (χ0v) is 15.0. The fourth-order valence-corrected chi connectivity index (χ4v) is 2.74. The van der Waals surface area contributed by atoms with E-state index in [0.29, 0.717) is 5.57 Å². The van der Waals surface area contributed by atoms with Crippen molar-refractivity contribution in [1.82, 2.24) is 5.32 Å². The Hall–Kier alpha value is -2.23. The van der Waals surface area contributed by atoms with E-state index in [9.17, 15) is 9.00 Å². The van der Waals surface area contributed by atoms with Crippen LogP contribution < -0.4 is 9.50 Å². The van der Waals surface area contributed by atoms with Crippen LogP contribution in [-0.4, -0.2) is 28.8 Å². The maximum absolute atomic E-state index is 15.1. The minimum Gasteiger partial charge on any atom is -0.455 e. The molecule has 2 aromatic rings. The summed E-state index contributed by atoms with van der Waals surface area (Å²) in [6, 6.07) is 1.42. The Bertz CT molecular complexity index is 873. The van der Waals surface area contributed by atoms with Crippen molar-refractivity contribution in [3.63, 3.8) is 0 Å². The summed E-state index contributed by atoms with van der Waals surface area (Å²) in [6.45, 7) is 3.40. The molecule has 0 radical (unpaired) electrons. The number of ether oxygens (including phenoxy) is 1. The number of halogens is 1. The molecule has 9 heteroatoms. The van der Waals surface area contributed by atoms with E-state index in [1.807, 2.05) is 0 Å². The molecule has 25 heavy (non-hydrogen) atoms. The summed E-state index contributed by atoms with van der Waals surface area (Å²) in [5.41, 5.74) is 0.908. The van der Waals surface area contributed by atoms with Gasteiger partial charge in [0.1, 0.15) is 11.3 Å². The number of carbonyl (C=O) groups is 1. The predicted octanol–water partition coefficient (Wildman–Crippen LogP) is 3.02. The molecule has 1 heterocycles. The molecular formula is C16H18FNO6S. The number of allylic oxidation sites excluding steroid dienone is 2. The predicted molar refractivity (Wildman–Crippen MR) is 91.0 cm³/mol. The fourth-order valence-electron chi connectivity index (χ4n) is 2.42. The van der Waals surface area contributed by atoms with E-state index in [1.54, 1.807) is 19.9 Å². The number of rotatable bonds is 6. The number of furan rings is 1. The molecule has 2 N–H and O–H groups in total. The average molecular weight is 371 g/mol. The molecule has 1 aromatic carbocycles. The lowest BCUT2D eigenvalue weighted by atomic mass is 10.0. The molecule has 1 unspecified atom stereocenters. The molecule has 0 fully saturated rings. The Morgan fingerprint density at radius 1 is 1.52 bits per heavy atom. The topological polar surface area (TPSA) is 98.0 Å². The Labute approximate surface area is 146 Å². The van der Waals surface area contributed by atoms with E-state index >= 15 is 4.39 Å². The van der Waals surface area contributed by atoms with E-state index in [2.05, 4.69) is 9.50 Å². The van der Waals surface area contributed by atoms with Crippen LogP contribution in [0.2, 0.25) is 0 Å². The van der Waals surface area contributed by atoms with Crippen molar-refractivity contribution in [3.05, 3.63) is 34.8 Å². The summed E-state index contributed by atoms with van der Waals surface area (Å²) in [4.78, 5) is 12.3. The van der Waals surface area contributed by atoms with E-state index in [1.165, 1.54) is 20.2 Å². The SMILES string of the molecule is CC=C(C)c1oc2cc(COC)c(OS(=O)O)c(F)c2c1C(=O)NC. The highest BCUT2D eigenvalue weighted by molar-refractivity contribution is 7.74. The van der Waals surface area contributed by atoms with Gasteiger partial charge in [-0.3, -0.25) is 9.35 Å². The molecule has 0 saturated carbocycles. The minimum absolute atomic E-state index is 0.0110. The van der Waals surface area contributed by atoms with Gasteiger partial charge >= 0.3 is 11.4 Å². The van der Waals surface area contributed by atoms with Crippen molar-refractivity contribution in [2.75, 3.05) is 14.2 Å². The number of fused-ring (bicyclic) bond motifs is 1. The lowest BCUT2D eigenvalue weighted by Crippen LogP contribution is -2.19. The second-order valence-corrected chi connectivity index (χ2v) is 5.74. The summed E-state index contributed by atoms with van der Waals surface area (Å²) in [6.07, 6.45) is 1.72. The van der Waals surface area contributed by atoms with Crippen LogP contribution in [0.3, 0.4) is 0 Å². The Kier molecular flexibility index (Phi) is 5.93. The Morgan fingerprint density at radius 2 is 2.20 bits per heavy atom. The number of nitrogens with one attached hydrogen (secondary N) is 1. The van der Waals surface area contributed by atoms with Crippen LogP contribution in [0.4, 0.5) is 4.39 Å². The number of hydrogen-bond donors (Lipinski definition) is 2. The van der Waals surface area contributed by atoms with Gasteiger partial charge in [-0.15, -0.1) is 0 Å². The molecule has 0 bridgehead atoms. The van der Waals surface area contributed by atoms with Gasteiger partial charge < -0.3 is 18.7 Å². The van der Waals surface area contributed by atoms with Crippen LogP contribution in [0.1, 0.15) is 35.5 Å². The van der Waals surface area contributed by atoms with Gasteiger partial charge in [0.05, 0.1) is 17.6 Å². The number of amides is 1. The van der Waals surface area contributed by atoms with Crippen LogP contribution in [0.15, 0.2) is 16.6 Å². The third kappa shape index (κ3) is 3.58. The van der Waals surface area contributed by atoms with Crippen LogP contribution >= 0.6 is 0 Å². The van der Waals surface area contributed by atoms with E-state index < -0.39 is 28.8 Å². The van der Waals surface area contributed by atoms with Gasteiger partial charge in [0.2, 0.25) is 0 Å². The molecule has 1 amide bonds. The first kappa shape index (κ1) is 19.1. The first-order chi connectivity index (χ1) is 11.8. The van der Waals surface area contributed by atoms with Crippen molar-refractivity contribution < 1.29 is 31.3 Å². The molecule has 1 atom stereocenters. The maximum Gasteiger partial charge on any atom is 0.357 e. The quantitative estimate of drug-likeness (QED) is 0.758. The van der Waals surface area contributed by atoms with E-state index in [4.69, 9.17) is 13.7 Å². The van der Waals surface area contributed by atoms with Crippen molar-refractivity contribution >= 4 is 33.8 Å². The van der Waals surface area contributed by atoms with Gasteiger partial charge in [-0.2, -0.15) is 4.21 Å². The monoisotopic (exact) mass is 371 g/mol. The molecule has 1 aromatic heterocycles. The summed E-state index contributed by atoms with van der Waals surface area (Å²) < 4.78 is 50.4. The van der Waals surface area contributed by atoms with Gasteiger partial charge in [-0.1, -0.05) is 6.08 Å². The average Bonchev–Trinajstić information content (AvgIpc) is 2.96. The number of methoxy groups -OCH3 is 1. The number of carbonyl (C=O) groups excluding carboxylic acids is 1. The normalized spacial score (nSPS) is 13.1. The molecule has 136 valence electrons. The molecule has 2 rings (SSSR count). The van der Waals surface area contributed by atoms with Gasteiger partial charge in [-0.25, -0.2) is 4.39 Å². The first-order valence-electron chi connectivity index (χ1n) is 7.27. The molecule has 7 nitrogen and oxygen atoms in total. The third-order valence-electron chi connectivity index (χ3n) is 3.65. The lowest BCUT2D eigenvalue weighted by Gasteiger charge is -2.09. The summed E-state index contributed by atoms with van der Waals surface area (Å²) >= 11 is -2.74. The second kappa shape index (κ2) is 7.77. The maximum atomic E-state index is 15.1. The van der Waals surface area contributed by atoms with Gasteiger partial charge in [0, 0.05) is 19.7 Å². The van der Waals surface area contributed by atoms with E-state index in [-0.39, 0.29) is 34.5 Å². The highest BCUT2D eigenvalue weighted by Gasteiger charge is 2.28. The zero-order valence-electron chi connectivity index (χ0n) is 14.1. The lowest BCUT2D eigenvalue weighted by molar-refractivity contribution is 0.0963. The van der Waals surface area contributed by atoms with Crippen LogP contribution in [0, 0.1) is 5.82 Å². The number of hydrogen-bond acceptors (Lipinski definition) is 5. The molecule has 0 spiro atoms. The van der Waals surface area contributed by atoms with Crippen LogP contribution in [-0.2, 0) is 22.7 Å². The highest BCUT2D eigenvalue weighted by atomic mass is 32.2. The standard InChI is InChI=1S/C16H18FNO6S/c1-5-8(2)14-12(16(19)18-3)11-10(23-14)6-9(7-22-4)15(13(11)17)24-25(20)21/h5-6H,7H2,1-4H3,(H,18,19)(H,20,21). The smallest absolute Gasteiger partial charge is 0.357 e. The van der Waals surface area contributed by atoms with Crippen LogP contribution in [0.25, 0.3) is 16.5 Å². The highest BCUT2D eigenvalue weighted by Crippen LogP contribution is 2.38.